The van der Waals surface area contributed by atoms with Gasteiger partial charge in [-0.2, -0.15) is 0 Å². The number of hydrogen-bond acceptors (Lipinski definition) is 2. The van der Waals surface area contributed by atoms with Crippen molar-refractivity contribution in [2.24, 2.45) is 0 Å². The van der Waals surface area contributed by atoms with E-state index in [9.17, 15) is 0 Å². The van der Waals surface area contributed by atoms with Crippen LogP contribution in [0.1, 0.15) is 0 Å². The van der Waals surface area contributed by atoms with Gasteiger partial charge in [-0.05, 0) is 71.9 Å². The number of hydrogen-bond donors (Lipinski definition) is 0. The van der Waals surface area contributed by atoms with Gasteiger partial charge in [-0.15, -0.1) is 11.3 Å². The van der Waals surface area contributed by atoms with E-state index in [-0.39, 0.29) is 13.4 Å². The molecule has 10 aromatic rings. The summed E-state index contributed by atoms with van der Waals surface area (Å²) in [6.07, 6.45) is 0. The van der Waals surface area contributed by atoms with Crippen LogP contribution in [0, 0.1) is 0 Å². The molecule has 4 heterocycles. The molecule has 0 unspecified atom stereocenters. The first-order valence-corrected chi connectivity index (χ1v) is 23.5. The highest BCUT2D eigenvalue weighted by Crippen LogP contribution is 2.42. The highest BCUT2D eigenvalue weighted by Gasteiger charge is 2.55. The number of nitrogens with zero attached hydrogens (tertiary/aromatic N) is 1. The SMILES string of the molecule is c1ccc(B2c3cccc4c3N3c5c2cccc5[Si](c2ccccc2)(c2ccccc2)c2cc(-c5ccc6sc7ccccc7c6c5)cc(c23)B4c2ccccc2)cc1. The molecule has 13 rings (SSSR count). The van der Waals surface area contributed by atoms with Crippen molar-refractivity contribution in [3.05, 3.63) is 212 Å². The quantitative estimate of drug-likeness (QED) is 0.180. The molecule has 0 saturated carbocycles. The van der Waals surface area contributed by atoms with Gasteiger partial charge in [-0.1, -0.05) is 205 Å². The number of rotatable bonds is 5. The molecule has 0 bridgehead atoms. The second kappa shape index (κ2) is 12.7. The van der Waals surface area contributed by atoms with Crippen LogP contribution >= 0.6 is 11.3 Å². The van der Waals surface area contributed by atoms with E-state index < -0.39 is 8.07 Å². The smallest absolute Gasteiger partial charge is 0.246 e. The van der Waals surface area contributed by atoms with E-state index in [1.807, 2.05) is 11.3 Å². The van der Waals surface area contributed by atoms with E-state index in [2.05, 4.69) is 217 Å². The summed E-state index contributed by atoms with van der Waals surface area (Å²) in [6, 6.07) is 81.2. The Kier molecular flexibility index (Phi) is 7.16. The monoisotopic (exact) mass is 779 g/mol. The van der Waals surface area contributed by atoms with Crippen molar-refractivity contribution in [1.29, 1.82) is 0 Å². The average Bonchev–Trinajstić information content (AvgIpc) is 3.68. The summed E-state index contributed by atoms with van der Waals surface area (Å²) in [5.74, 6) is 0. The molecule has 1 nitrogen and oxygen atoms in total. The second-order valence-electron chi connectivity index (χ2n) is 16.3. The van der Waals surface area contributed by atoms with Gasteiger partial charge in [0.25, 0.3) is 0 Å². The third-order valence-electron chi connectivity index (χ3n) is 13.4. The predicted octanol–water partition coefficient (Wildman–Crippen LogP) is 6.54. The minimum atomic E-state index is -3.00. The van der Waals surface area contributed by atoms with Crippen molar-refractivity contribution < 1.29 is 0 Å². The molecule has 59 heavy (non-hydrogen) atoms. The molecule has 9 aromatic carbocycles. The molecule has 272 valence electrons. The summed E-state index contributed by atoms with van der Waals surface area (Å²) in [6.45, 7) is 0.143. The van der Waals surface area contributed by atoms with Crippen LogP contribution in [0.15, 0.2) is 212 Å². The van der Waals surface area contributed by atoms with E-state index in [4.69, 9.17) is 0 Å². The Hall–Kier alpha value is -6.65. The van der Waals surface area contributed by atoms with E-state index >= 15 is 0 Å². The van der Waals surface area contributed by atoms with Crippen LogP contribution in [-0.2, 0) is 0 Å². The van der Waals surface area contributed by atoms with E-state index in [0.717, 1.165) is 0 Å². The van der Waals surface area contributed by atoms with Crippen LogP contribution in [0.4, 0.5) is 17.1 Å². The lowest BCUT2D eigenvalue weighted by Crippen LogP contribution is -2.80. The van der Waals surface area contributed by atoms with E-state index in [1.165, 1.54) is 102 Å². The van der Waals surface area contributed by atoms with Gasteiger partial charge in [-0.25, -0.2) is 0 Å². The first kappa shape index (κ1) is 33.3. The molecule has 0 radical (unpaired) electrons. The summed E-state index contributed by atoms with van der Waals surface area (Å²) in [5.41, 5.74) is 14.8. The maximum atomic E-state index is 2.73. The Labute approximate surface area is 350 Å². The average molecular weight is 780 g/mol. The van der Waals surface area contributed by atoms with Crippen molar-refractivity contribution in [2.75, 3.05) is 4.90 Å². The Bertz CT molecular complexity index is 3260. The first-order valence-electron chi connectivity index (χ1n) is 20.7. The van der Waals surface area contributed by atoms with E-state index in [1.54, 1.807) is 0 Å². The Morgan fingerprint density at radius 2 is 0.881 bits per heavy atom. The highest BCUT2D eigenvalue weighted by molar-refractivity contribution is 7.26. The fourth-order valence-corrected chi connectivity index (χ4v) is 17.4. The van der Waals surface area contributed by atoms with Crippen LogP contribution in [0.25, 0.3) is 31.3 Å². The van der Waals surface area contributed by atoms with Gasteiger partial charge >= 0.3 is 0 Å². The zero-order valence-electron chi connectivity index (χ0n) is 32.2. The van der Waals surface area contributed by atoms with Crippen LogP contribution in [0.5, 0.6) is 0 Å². The lowest BCUT2D eigenvalue weighted by atomic mass is 9.30. The number of thiophene rings is 1. The molecule has 5 heteroatoms. The molecule has 1 aromatic heterocycles. The van der Waals surface area contributed by atoms with Crippen LogP contribution < -0.4 is 58.4 Å². The summed E-state index contributed by atoms with van der Waals surface area (Å²) in [7, 11) is -3.00. The van der Waals surface area contributed by atoms with Gasteiger partial charge in [-0.3, -0.25) is 0 Å². The predicted molar refractivity (Wildman–Crippen MR) is 259 cm³/mol. The molecular weight excluding hydrogens is 744 g/mol. The van der Waals surface area contributed by atoms with Gasteiger partial charge in [0.1, 0.15) is 0 Å². The van der Waals surface area contributed by atoms with Gasteiger partial charge in [0.2, 0.25) is 13.4 Å². The summed E-state index contributed by atoms with van der Waals surface area (Å²) in [4.78, 5) is 2.73. The topological polar surface area (TPSA) is 3.24 Å². The van der Waals surface area contributed by atoms with Gasteiger partial charge < -0.3 is 4.90 Å². The number of anilines is 3. The lowest BCUT2D eigenvalue weighted by Gasteiger charge is -2.52. The standard InChI is InChI=1S/C54H35B2NSSi/c1-5-17-38(18-6-1)55-44-26-15-27-45-52(44)57-53-46(55)28-16-30-50(53)59(40-21-9-3-10-22-40,41-23-11-4-12-24-41)51-35-37(34-47(54(51)57)56(45)39-19-7-2-8-20-39)36-31-32-49-43(33-36)42-25-13-14-29-48(42)58-49/h1-35H. The molecule has 0 N–H and O–H groups in total. The molecule has 0 spiro atoms. The normalized spacial score (nSPS) is 14.1. The Morgan fingerprint density at radius 3 is 1.54 bits per heavy atom. The molecule has 3 aliphatic rings. The number of benzene rings is 9. The molecule has 0 aliphatic carbocycles. The van der Waals surface area contributed by atoms with E-state index in [0.29, 0.717) is 0 Å². The Morgan fingerprint density at radius 1 is 0.356 bits per heavy atom. The fraction of sp³-hybridized carbons (Fsp3) is 0. The first-order chi connectivity index (χ1) is 29.3. The lowest BCUT2D eigenvalue weighted by molar-refractivity contribution is 1.31. The van der Waals surface area contributed by atoms with Gasteiger partial charge in [0.15, 0.2) is 8.07 Å². The fourth-order valence-electron chi connectivity index (χ4n) is 11.1. The van der Waals surface area contributed by atoms with Gasteiger partial charge in [0.05, 0.1) is 0 Å². The van der Waals surface area contributed by atoms with Crippen molar-refractivity contribution >= 4 is 124 Å². The minimum Gasteiger partial charge on any atom is -0.313 e. The molecule has 0 fully saturated rings. The molecule has 0 amide bonds. The molecule has 3 aliphatic heterocycles. The maximum Gasteiger partial charge on any atom is 0.246 e. The summed E-state index contributed by atoms with van der Waals surface area (Å²) < 4.78 is 2.67. The third-order valence-corrected chi connectivity index (χ3v) is 19.4. The number of fused-ring (bicyclic) bond motifs is 3. The third kappa shape index (κ3) is 4.57. The summed E-state index contributed by atoms with van der Waals surface area (Å²) >= 11 is 1.89. The zero-order valence-corrected chi connectivity index (χ0v) is 34.0. The minimum absolute atomic E-state index is 0.0447. The van der Waals surface area contributed by atoms with Crippen molar-refractivity contribution in [2.45, 2.75) is 0 Å². The molecule has 0 atom stereocenters. The highest BCUT2D eigenvalue weighted by atomic mass is 32.1. The number of para-hydroxylation sites is 2. The Balaban J connectivity index is 1.22. The summed E-state index contributed by atoms with van der Waals surface area (Å²) in [5, 5.41) is 8.41. The van der Waals surface area contributed by atoms with Crippen LogP contribution in [0.2, 0.25) is 0 Å². The van der Waals surface area contributed by atoms with Gasteiger partial charge in [0, 0.05) is 37.2 Å². The molecular formula is C54H35B2NSSi. The van der Waals surface area contributed by atoms with Crippen LogP contribution in [0.3, 0.4) is 0 Å². The van der Waals surface area contributed by atoms with Crippen LogP contribution in [-0.4, -0.2) is 21.5 Å². The largest absolute Gasteiger partial charge is 0.313 e. The zero-order chi connectivity index (χ0) is 38.7. The second-order valence-corrected chi connectivity index (χ2v) is 21.1. The van der Waals surface area contributed by atoms with Crippen molar-refractivity contribution in [3.63, 3.8) is 0 Å². The van der Waals surface area contributed by atoms with Crippen molar-refractivity contribution in [1.82, 2.24) is 0 Å². The van der Waals surface area contributed by atoms with Crippen molar-refractivity contribution in [3.8, 4) is 11.1 Å². The molecule has 0 saturated heterocycles. The maximum absolute atomic E-state index is 3.00.